The minimum atomic E-state index is -0.128. The van der Waals surface area contributed by atoms with Crippen LogP contribution in [0.15, 0.2) is 18.2 Å². The molecule has 1 unspecified atom stereocenters. The summed E-state index contributed by atoms with van der Waals surface area (Å²) in [5.74, 6) is 0.354. The molecule has 0 radical (unpaired) electrons. The Bertz CT molecular complexity index is 457. The van der Waals surface area contributed by atoms with Crippen LogP contribution in [0.4, 0.5) is 11.4 Å². The SMILES string of the molecule is CNC(=O)c1ccc(NC(CN(C)C)C(C)C)c(N)c1. The highest BCUT2D eigenvalue weighted by atomic mass is 16.1. The lowest BCUT2D eigenvalue weighted by Crippen LogP contribution is -2.36. The van der Waals surface area contributed by atoms with Crippen molar-refractivity contribution in [3.63, 3.8) is 0 Å². The van der Waals surface area contributed by atoms with Crippen LogP contribution in [0.1, 0.15) is 24.2 Å². The van der Waals surface area contributed by atoms with Gasteiger partial charge in [0, 0.05) is 25.2 Å². The summed E-state index contributed by atoms with van der Waals surface area (Å²) >= 11 is 0. The van der Waals surface area contributed by atoms with Crippen molar-refractivity contribution >= 4 is 17.3 Å². The average Bonchev–Trinajstić information content (AvgIpc) is 2.38. The maximum absolute atomic E-state index is 11.6. The Morgan fingerprint density at radius 1 is 1.35 bits per heavy atom. The summed E-state index contributed by atoms with van der Waals surface area (Å²) in [7, 11) is 5.71. The zero-order valence-electron chi connectivity index (χ0n) is 13.0. The first-order valence-corrected chi connectivity index (χ1v) is 6.88. The molecule has 0 aromatic heterocycles. The lowest BCUT2D eigenvalue weighted by Gasteiger charge is -2.27. The minimum Gasteiger partial charge on any atom is -0.397 e. The number of amides is 1. The zero-order valence-corrected chi connectivity index (χ0v) is 13.0. The molecule has 1 amide bonds. The third-order valence-corrected chi connectivity index (χ3v) is 3.25. The maximum atomic E-state index is 11.6. The molecule has 1 atom stereocenters. The smallest absolute Gasteiger partial charge is 0.251 e. The van der Waals surface area contributed by atoms with Gasteiger partial charge in [-0.3, -0.25) is 4.79 Å². The molecule has 1 aromatic rings. The van der Waals surface area contributed by atoms with Crippen LogP contribution in [-0.2, 0) is 0 Å². The number of likely N-dealkylation sites (N-methyl/N-ethyl adjacent to an activating group) is 1. The Balaban J connectivity index is 2.88. The zero-order chi connectivity index (χ0) is 15.3. The van der Waals surface area contributed by atoms with Gasteiger partial charge in [0.25, 0.3) is 5.91 Å². The van der Waals surface area contributed by atoms with Gasteiger partial charge >= 0.3 is 0 Å². The number of nitrogen functional groups attached to an aromatic ring is 1. The highest BCUT2D eigenvalue weighted by Gasteiger charge is 2.16. The first kappa shape index (κ1) is 16.3. The summed E-state index contributed by atoms with van der Waals surface area (Å²) in [5, 5.41) is 6.06. The van der Waals surface area contributed by atoms with E-state index in [1.807, 2.05) is 6.07 Å². The van der Waals surface area contributed by atoms with Crippen molar-refractivity contribution in [1.82, 2.24) is 10.2 Å². The van der Waals surface area contributed by atoms with Gasteiger partial charge in [0.1, 0.15) is 0 Å². The number of nitrogens with two attached hydrogens (primary N) is 1. The average molecular weight is 278 g/mol. The molecule has 0 heterocycles. The van der Waals surface area contributed by atoms with Crippen molar-refractivity contribution in [2.45, 2.75) is 19.9 Å². The van der Waals surface area contributed by atoms with Crippen molar-refractivity contribution in [2.24, 2.45) is 5.92 Å². The largest absolute Gasteiger partial charge is 0.397 e. The fourth-order valence-corrected chi connectivity index (χ4v) is 2.00. The molecule has 0 saturated heterocycles. The van der Waals surface area contributed by atoms with Gasteiger partial charge in [-0.2, -0.15) is 0 Å². The van der Waals surface area contributed by atoms with Gasteiger partial charge in [0.2, 0.25) is 0 Å². The molecule has 4 N–H and O–H groups in total. The van der Waals surface area contributed by atoms with E-state index < -0.39 is 0 Å². The van der Waals surface area contributed by atoms with E-state index in [9.17, 15) is 4.79 Å². The molecule has 0 bridgehead atoms. The third-order valence-electron chi connectivity index (χ3n) is 3.25. The molecule has 0 fully saturated rings. The van der Waals surface area contributed by atoms with E-state index >= 15 is 0 Å². The van der Waals surface area contributed by atoms with Crippen LogP contribution in [0.3, 0.4) is 0 Å². The van der Waals surface area contributed by atoms with E-state index in [2.05, 4.69) is 43.5 Å². The number of carbonyl (C=O) groups is 1. The minimum absolute atomic E-state index is 0.128. The predicted octanol–water partition coefficient (Wildman–Crippen LogP) is 1.63. The van der Waals surface area contributed by atoms with Crippen LogP contribution < -0.4 is 16.4 Å². The molecule has 5 heteroatoms. The Morgan fingerprint density at radius 3 is 2.45 bits per heavy atom. The van der Waals surface area contributed by atoms with E-state index in [0.29, 0.717) is 23.2 Å². The maximum Gasteiger partial charge on any atom is 0.251 e. The van der Waals surface area contributed by atoms with Gasteiger partial charge in [0.15, 0.2) is 0 Å². The first-order chi connectivity index (χ1) is 9.35. The number of hydrogen-bond donors (Lipinski definition) is 3. The van der Waals surface area contributed by atoms with Crippen LogP contribution in [0.5, 0.6) is 0 Å². The van der Waals surface area contributed by atoms with E-state index in [1.54, 1.807) is 19.2 Å². The lowest BCUT2D eigenvalue weighted by molar-refractivity contribution is 0.0963. The molecular weight excluding hydrogens is 252 g/mol. The van der Waals surface area contributed by atoms with Gasteiger partial charge < -0.3 is 21.3 Å². The Morgan fingerprint density at radius 2 is 2.00 bits per heavy atom. The summed E-state index contributed by atoms with van der Waals surface area (Å²) in [6.07, 6.45) is 0. The van der Waals surface area contributed by atoms with Crippen LogP contribution in [0.25, 0.3) is 0 Å². The fraction of sp³-hybridized carbons (Fsp3) is 0.533. The molecule has 5 nitrogen and oxygen atoms in total. The van der Waals surface area contributed by atoms with E-state index in [1.165, 1.54) is 0 Å². The van der Waals surface area contributed by atoms with Gasteiger partial charge in [-0.25, -0.2) is 0 Å². The quantitative estimate of drug-likeness (QED) is 0.692. The Labute approximate surface area is 121 Å². The number of benzene rings is 1. The van der Waals surface area contributed by atoms with Crippen molar-refractivity contribution in [3.05, 3.63) is 23.8 Å². The van der Waals surface area contributed by atoms with Crippen LogP contribution in [-0.4, -0.2) is 44.5 Å². The van der Waals surface area contributed by atoms with Crippen molar-refractivity contribution < 1.29 is 4.79 Å². The van der Waals surface area contributed by atoms with Gasteiger partial charge in [-0.1, -0.05) is 13.8 Å². The number of rotatable bonds is 6. The van der Waals surface area contributed by atoms with Gasteiger partial charge in [0.05, 0.1) is 11.4 Å². The van der Waals surface area contributed by atoms with Crippen LogP contribution >= 0.6 is 0 Å². The summed E-state index contributed by atoms with van der Waals surface area (Å²) < 4.78 is 0. The highest BCUT2D eigenvalue weighted by molar-refractivity contribution is 5.95. The summed E-state index contributed by atoms with van der Waals surface area (Å²) in [6.45, 7) is 5.28. The van der Waals surface area contributed by atoms with Crippen molar-refractivity contribution in [3.8, 4) is 0 Å². The third kappa shape index (κ3) is 4.42. The van der Waals surface area contributed by atoms with E-state index in [4.69, 9.17) is 5.73 Å². The number of carbonyl (C=O) groups excluding carboxylic acids is 1. The number of nitrogens with one attached hydrogen (secondary N) is 2. The van der Waals surface area contributed by atoms with E-state index in [0.717, 1.165) is 12.2 Å². The monoisotopic (exact) mass is 278 g/mol. The second-order valence-corrected chi connectivity index (χ2v) is 5.64. The number of nitrogens with zero attached hydrogens (tertiary/aromatic N) is 1. The standard InChI is InChI=1S/C15H26N4O/c1-10(2)14(9-19(4)5)18-13-7-6-11(8-12(13)16)15(20)17-3/h6-8,10,14,18H,9,16H2,1-5H3,(H,17,20). The van der Waals surface area contributed by atoms with Crippen molar-refractivity contribution in [1.29, 1.82) is 0 Å². The lowest BCUT2D eigenvalue weighted by atomic mass is 10.0. The first-order valence-electron chi connectivity index (χ1n) is 6.88. The van der Waals surface area contributed by atoms with Gasteiger partial charge in [-0.05, 0) is 38.2 Å². The molecule has 0 spiro atoms. The highest BCUT2D eigenvalue weighted by Crippen LogP contribution is 2.22. The summed E-state index contributed by atoms with van der Waals surface area (Å²) in [5.41, 5.74) is 8.08. The fourth-order valence-electron chi connectivity index (χ4n) is 2.00. The van der Waals surface area contributed by atoms with E-state index in [-0.39, 0.29) is 5.91 Å². The molecule has 0 aliphatic rings. The van der Waals surface area contributed by atoms with Crippen LogP contribution in [0, 0.1) is 5.92 Å². The Kier molecular flexibility index (Phi) is 5.82. The predicted molar refractivity (Wildman–Crippen MR) is 85.0 cm³/mol. The molecule has 1 aromatic carbocycles. The normalized spacial score (nSPS) is 12.6. The number of anilines is 2. The second kappa shape index (κ2) is 7.14. The molecule has 1 rings (SSSR count). The molecule has 0 aliphatic carbocycles. The molecular formula is C15H26N4O. The van der Waals surface area contributed by atoms with Gasteiger partial charge in [-0.15, -0.1) is 0 Å². The number of hydrogen-bond acceptors (Lipinski definition) is 4. The molecule has 0 saturated carbocycles. The Hall–Kier alpha value is -1.75. The topological polar surface area (TPSA) is 70.4 Å². The molecule has 0 aliphatic heterocycles. The molecule has 112 valence electrons. The van der Waals surface area contributed by atoms with Crippen LogP contribution in [0.2, 0.25) is 0 Å². The summed E-state index contributed by atoms with van der Waals surface area (Å²) in [6, 6.07) is 5.65. The summed E-state index contributed by atoms with van der Waals surface area (Å²) in [4.78, 5) is 13.7. The second-order valence-electron chi connectivity index (χ2n) is 5.64. The van der Waals surface area contributed by atoms with Crippen molar-refractivity contribution in [2.75, 3.05) is 38.7 Å². The molecule has 20 heavy (non-hydrogen) atoms.